The van der Waals surface area contributed by atoms with Crippen LogP contribution in [0.1, 0.15) is 11.5 Å². The first-order valence-corrected chi connectivity index (χ1v) is 6.63. The van der Waals surface area contributed by atoms with E-state index in [0.717, 1.165) is 0 Å². The molecule has 0 spiro atoms. The van der Waals surface area contributed by atoms with Crippen LogP contribution in [0.2, 0.25) is 0 Å². The van der Waals surface area contributed by atoms with E-state index in [1.807, 2.05) is 0 Å². The number of carbonyl (C=O) groups excluding carboxylic acids is 1. The topological polar surface area (TPSA) is 80.1 Å². The van der Waals surface area contributed by atoms with Crippen LogP contribution in [0.4, 0.5) is 31.1 Å². The summed E-state index contributed by atoms with van der Waals surface area (Å²) in [5, 5.41) is 7.05. The van der Waals surface area contributed by atoms with Gasteiger partial charge in [0.2, 0.25) is 5.82 Å². The zero-order valence-electron chi connectivity index (χ0n) is 12.2. The van der Waals surface area contributed by atoms with Gasteiger partial charge in [0.25, 0.3) is 0 Å². The molecule has 0 radical (unpaired) electrons. The highest BCUT2D eigenvalue weighted by molar-refractivity contribution is 5.73. The highest BCUT2D eigenvalue weighted by Crippen LogP contribution is 2.29. The van der Waals surface area contributed by atoms with Crippen molar-refractivity contribution < 1.29 is 35.7 Å². The van der Waals surface area contributed by atoms with Crippen LogP contribution in [-0.2, 0) is 12.7 Å². The Morgan fingerprint density at radius 3 is 2.20 bits per heavy atom. The van der Waals surface area contributed by atoms with E-state index in [1.54, 1.807) is 5.32 Å². The largest absolute Gasteiger partial charge is 0.471 e. The van der Waals surface area contributed by atoms with Crippen molar-refractivity contribution >= 4 is 6.03 Å². The molecular weight excluding hydrogens is 358 g/mol. The molecule has 2 aromatic rings. The second-order valence-electron chi connectivity index (χ2n) is 4.77. The van der Waals surface area contributed by atoms with Gasteiger partial charge in [0.1, 0.15) is 6.54 Å². The van der Waals surface area contributed by atoms with Crippen molar-refractivity contribution in [2.45, 2.75) is 18.9 Å². The molecule has 12 heteroatoms. The van der Waals surface area contributed by atoms with Gasteiger partial charge in [-0.1, -0.05) is 29.4 Å². The number of nitrogens with zero attached hydrogens (tertiary/aromatic N) is 2. The van der Waals surface area contributed by atoms with Crippen LogP contribution >= 0.6 is 0 Å². The van der Waals surface area contributed by atoms with Crippen molar-refractivity contribution in [3.05, 3.63) is 35.7 Å². The highest BCUT2D eigenvalue weighted by Gasteiger charge is 2.38. The molecule has 6 nitrogen and oxygen atoms in total. The van der Waals surface area contributed by atoms with E-state index in [-0.39, 0.29) is 17.9 Å². The minimum absolute atomic E-state index is 0.0793. The Hall–Kier alpha value is -2.79. The molecule has 1 aromatic carbocycles. The minimum atomic E-state index is -4.75. The average molecular weight is 368 g/mol. The Labute approximate surface area is 136 Å². The van der Waals surface area contributed by atoms with Gasteiger partial charge in [-0.3, -0.25) is 0 Å². The van der Waals surface area contributed by atoms with Gasteiger partial charge in [-0.2, -0.15) is 31.3 Å². The maximum Gasteiger partial charge on any atom is 0.471 e. The van der Waals surface area contributed by atoms with E-state index < -0.39 is 30.8 Å². The molecule has 0 saturated heterocycles. The van der Waals surface area contributed by atoms with E-state index in [4.69, 9.17) is 0 Å². The van der Waals surface area contributed by atoms with Crippen LogP contribution in [0.3, 0.4) is 0 Å². The summed E-state index contributed by atoms with van der Waals surface area (Å²) in [6.07, 6.45) is -9.27. The molecule has 1 aromatic heterocycles. The third kappa shape index (κ3) is 5.65. The molecule has 0 fully saturated rings. The maximum atomic E-state index is 12.4. The Morgan fingerprint density at radius 1 is 1.04 bits per heavy atom. The molecule has 2 amide bonds. The quantitative estimate of drug-likeness (QED) is 0.813. The van der Waals surface area contributed by atoms with Crippen molar-refractivity contribution in [3.8, 4) is 11.4 Å². The summed E-state index contributed by atoms with van der Waals surface area (Å²) in [7, 11) is 0. The number of alkyl halides is 6. The smallest absolute Gasteiger partial charge is 0.334 e. The predicted molar refractivity (Wildman–Crippen MR) is 71.0 cm³/mol. The summed E-state index contributed by atoms with van der Waals surface area (Å²) < 4.78 is 77.0. The van der Waals surface area contributed by atoms with E-state index in [1.165, 1.54) is 24.3 Å². The zero-order chi connectivity index (χ0) is 18.7. The first-order chi connectivity index (χ1) is 11.5. The number of carbonyl (C=O) groups is 1. The summed E-state index contributed by atoms with van der Waals surface area (Å²) in [5.74, 6) is -1.75. The molecule has 25 heavy (non-hydrogen) atoms. The van der Waals surface area contributed by atoms with Gasteiger partial charge in [0.05, 0.1) is 0 Å². The SMILES string of the molecule is O=C(NCc1ccc(-c2noc(C(F)(F)F)n2)cc1)NCC(F)(F)F. The van der Waals surface area contributed by atoms with Crippen molar-refractivity contribution in [2.24, 2.45) is 0 Å². The van der Waals surface area contributed by atoms with Gasteiger partial charge >= 0.3 is 24.3 Å². The molecule has 0 saturated carbocycles. The van der Waals surface area contributed by atoms with Crippen LogP contribution in [0.5, 0.6) is 0 Å². The number of nitrogens with one attached hydrogen (secondary N) is 2. The molecule has 1 heterocycles. The second-order valence-corrected chi connectivity index (χ2v) is 4.77. The fraction of sp³-hybridized carbons (Fsp3) is 0.308. The normalized spacial score (nSPS) is 12.1. The lowest BCUT2D eigenvalue weighted by molar-refractivity contribution is -0.159. The lowest BCUT2D eigenvalue weighted by Gasteiger charge is -2.09. The number of hydrogen-bond acceptors (Lipinski definition) is 4. The molecule has 0 aliphatic rings. The second kappa shape index (κ2) is 6.99. The Kier molecular flexibility index (Phi) is 5.18. The van der Waals surface area contributed by atoms with Crippen LogP contribution in [0, 0.1) is 0 Å². The van der Waals surface area contributed by atoms with Gasteiger partial charge in [0, 0.05) is 12.1 Å². The van der Waals surface area contributed by atoms with Crippen molar-refractivity contribution in [2.75, 3.05) is 6.54 Å². The lowest BCUT2D eigenvalue weighted by Crippen LogP contribution is -2.40. The third-order valence-electron chi connectivity index (χ3n) is 2.78. The lowest BCUT2D eigenvalue weighted by atomic mass is 10.1. The number of urea groups is 1. The molecule has 0 aliphatic carbocycles. The zero-order valence-corrected chi connectivity index (χ0v) is 12.2. The van der Waals surface area contributed by atoms with Gasteiger partial charge in [-0.25, -0.2) is 4.79 Å². The van der Waals surface area contributed by atoms with Crippen LogP contribution < -0.4 is 10.6 Å². The van der Waals surface area contributed by atoms with Gasteiger partial charge in [-0.05, 0) is 5.56 Å². The molecule has 136 valence electrons. The number of benzene rings is 1. The predicted octanol–water partition coefficient (Wildman–Crippen LogP) is 3.12. The first kappa shape index (κ1) is 18.5. The number of hydrogen-bond donors (Lipinski definition) is 2. The standard InChI is InChI=1S/C13H10F6N4O2/c14-12(15,16)6-21-11(24)20-5-7-1-3-8(4-2-7)9-22-10(25-23-9)13(17,18)19/h1-4H,5-6H2,(H2,20,21,24). The Balaban J connectivity index is 1.92. The number of halogens is 6. The van der Waals surface area contributed by atoms with Crippen LogP contribution in [-0.4, -0.2) is 28.9 Å². The molecule has 0 unspecified atom stereocenters. The van der Waals surface area contributed by atoms with Gasteiger partial charge in [0.15, 0.2) is 0 Å². The van der Waals surface area contributed by atoms with E-state index in [0.29, 0.717) is 5.56 Å². The third-order valence-corrected chi connectivity index (χ3v) is 2.78. The summed E-state index contributed by atoms with van der Waals surface area (Å²) in [6, 6.07) is 4.66. The van der Waals surface area contributed by atoms with Crippen molar-refractivity contribution in [3.63, 3.8) is 0 Å². The molecule has 0 atom stereocenters. The van der Waals surface area contributed by atoms with Crippen LogP contribution in [0.15, 0.2) is 28.8 Å². The number of rotatable bonds is 4. The molecule has 0 bridgehead atoms. The molecule has 2 rings (SSSR count). The van der Waals surface area contributed by atoms with E-state index in [2.05, 4.69) is 20.0 Å². The van der Waals surface area contributed by atoms with Crippen LogP contribution in [0.25, 0.3) is 11.4 Å². The van der Waals surface area contributed by atoms with Gasteiger partial charge < -0.3 is 15.2 Å². The van der Waals surface area contributed by atoms with Crippen molar-refractivity contribution in [1.82, 2.24) is 20.8 Å². The Morgan fingerprint density at radius 2 is 1.68 bits per heavy atom. The van der Waals surface area contributed by atoms with Gasteiger partial charge in [-0.15, -0.1) is 0 Å². The minimum Gasteiger partial charge on any atom is -0.334 e. The average Bonchev–Trinajstić information content (AvgIpc) is 3.01. The fourth-order valence-corrected chi connectivity index (χ4v) is 1.65. The molecule has 2 N–H and O–H groups in total. The summed E-state index contributed by atoms with van der Waals surface area (Å²) >= 11 is 0. The van der Waals surface area contributed by atoms with E-state index >= 15 is 0 Å². The fourth-order valence-electron chi connectivity index (χ4n) is 1.65. The van der Waals surface area contributed by atoms with E-state index in [9.17, 15) is 31.1 Å². The Bertz CT molecular complexity index is 723. The maximum absolute atomic E-state index is 12.4. The molecule has 0 aliphatic heterocycles. The summed E-state index contributed by atoms with van der Waals surface area (Å²) in [6.45, 7) is -1.54. The highest BCUT2D eigenvalue weighted by atomic mass is 19.4. The summed E-state index contributed by atoms with van der Waals surface area (Å²) in [5.41, 5.74) is 0.745. The summed E-state index contributed by atoms with van der Waals surface area (Å²) in [4.78, 5) is 14.4. The first-order valence-electron chi connectivity index (χ1n) is 6.63. The monoisotopic (exact) mass is 368 g/mol. The number of amides is 2. The van der Waals surface area contributed by atoms with Crippen molar-refractivity contribution in [1.29, 1.82) is 0 Å². The number of aromatic nitrogens is 2. The molecular formula is C13H10F6N4O2.